The van der Waals surface area contributed by atoms with Crippen molar-refractivity contribution in [1.29, 1.82) is 0 Å². The van der Waals surface area contributed by atoms with Gasteiger partial charge < -0.3 is 10.6 Å². The lowest BCUT2D eigenvalue weighted by Gasteiger charge is -2.26. The molecule has 0 aromatic heterocycles. The van der Waals surface area contributed by atoms with Crippen LogP contribution in [-0.2, 0) is 9.59 Å². The second-order valence-corrected chi connectivity index (χ2v) is 6.20. The summed E-state index contributed by atoms with van der Waals surface area (Å²) in [6.07, 6.45) is 0.0275. The zero-order valence-electron chi connectivity index (χ0n) is 13.0. The van der Waals surface area contributed by atoms with Crippen molar-refractivity contribution in [2.24, 2.45) is 0 Å². The number of carbonyl (C=O) groups is 2. The molecule has 3 rings (SSSR count). The van der Waals surface area contributed by atoms with Crippen LogP contribution in [-0.4, -0.2) is 11.8 Å². The van der Waals surface area contributed by atoms with Crippen LogP contribution in [0.4, 0.5) is 10.1 Å². The van der Waals surface area contributed by atoms with Crippen molar-refractivity contribution in [1.82, 2.24) is 5.32 Å². The molecule has 1 aliphatic rings. The van der Waals surface area contributed by atoms with Crippen LogP contribution >= 0.6 is 11.6 Å². The second-order valence-electron chi connectivity index (χ2n) is 5.79. The fraction of sp³-hybridized carbons (Fsp3) is 0.222. The quantitative estimate of drug-likeness (QED) is 0.888. The summed E-state index contributed by atoms with van der Waals surface area (Å²) in [4.78, 5) is 24.5. The van der Waals surface area contributed by atoms with Gasteiger partial charge in [-0.3, -0.25) is 9.59 Å². The molecule has 0 bridgehead atoms. The van der Waals surface area contributed by atoms with Crippen molar-refractivity contribution in [2.75, 3.05) is 5.32 Å². The molecule has 2 N–H and O–H groups in total. The Hall–Kier alpha value is -2.40. The minimum absolute atomic E-state index is 0.0275. The monoisotopic (exact) mass is 346 g/mol. The Morgan fingerprint density at radius 1 is 1.33 bits per heavy atom. The Morgan fingerprint density at radius 3 is 2.83 bits per heavy atom. The molecule has 2 aromatic carbocycles. The van der Waals surface area contributed by atoms with Crippen molar-refractivity contribution in [2.45, 2.75) is 25.3 Å². The molecule has 124 valence electrons. The minimum atomic E-state index is -0.653. The third-order valence-electron chi connectivity index (χ3n) is 4.10. The Bertz CT molecular complexity index is 809. The number of carbonyl (C=O) groups excluding carboxylic acids is 2. The first-order chi connectivity index (χ1) is 11.5. The minimum Gasteiger partial charge on any atom is -0.349 e. The van der Waals surface area contributed by atoms with Gasteiger partial charge in [0.25, 0.3) is 0 Å². The largest absolute Gasteiger partial charge is 0.349 e. The van der Waals surface area contributed by atoms with Gasteiger partial charge >= 0.3 is 0 Å². The number of fused-ring (bicyclic) bond motifs is 1. The number of rotatable bonds is 3. The first kappa shape index (κ1) is 16.5. The van der Waals surface area contributed by atoms with E-state index in [1.807, 2.05) is 25.1 Å². The van der Waals surface area contributed by atoms with E-state index >= 15 is 0 Å². The first-order valence-corrected chi connectivity index (χ1v) is 7.97. The molecule has 24 heavy (non-hydrogen) atoms. The van der Waals surface area contributed by atoms with Crippen LogP contribution in [0, 0.1) is 5.82 Å². The number of amides is 2. The number of hydrogen-bond acceptors (Lipinski definition) is 2. The van der Waals surface area contributed by atoms with Crippen LogP contribution in [0.5, 0.6) is 0 Å². The number of anilines is 1. The summed E-state index contributed by atoms with van der Waals surface area (Å²) in [7, 11) is 0. The van der Waals surface area contributed by atoms with Gasteiger partial charge in [0.15, 0.2) is 0 Å². The molecule has 4 nitrogen and oxygen atoms in total. The number of halogens is 2. The maximum absolute atomic E-state index is 13.4. The van der Waals surface area contributed by atoms with Gasteiger partial charge in [-0.15, -0.1) is 0 Å². The Labute approximate surface area is 144 Å². The molecule has 6 heteroatoms. The molecule has 0 radical (unpaired) electrons. The summed E-state index contributed by atoms with van der Waals surface area (Å²) >= 11 is 6.15. The fourth-order valence-electron chi connectivity index (χ4n) is 2.89. The van der Waals surface area contributed by atoms with Crippen LogP contribution in [0.1, 0.15) is 36.4 Å². The highest BCUT2D eigenvalue weighted by Gasteiger charge is 2.31. The zero-order valence-corrected chi connectivity index (χ0v) is 13.7. The van der Waals surface area contributed by atoms with E-state index in [2.05, 4.69) is 10.6 Å². The molecule has 0 saturated carbocycles. The van der Waals surface area contributed by atoms with Gasteiger partial charge in [-0.1, -0.05) is 35.9 Å². The molecule has 1 heterocycles. The Kier molecular flexibility index (Phi) is 4.53. The average Bonchev–Trinajstić information content (AvgIpc) is 2.53. The van der Waals surface area contributed by atoms with Crippen LogP contribution in [0.3, 0.4) is 0 Å². The lowest BCUT2D eigenvalue weighted by atomic mass is 9.89. The lowest BCUT2D eigenvalue weighted by Crippen LogP contribution is -2.36. The van der Waals surface area contributed by atoms with Crippen molar-refractivity contribution in [3.63, 3.8) is 0 Å². The molecule has 0 saturated heterocycles. The van der Waals surface area contributed by atoms with Crippen LogP contribution < -0.4 is 10.6 Å². The molecule has 0 aliphatic carbocycles. The molecular formula is C18H16ClFN2O2. The Balaban J connectivity index is 1.83. The predicted octanol–water partition coefficient (Wildman–Crippen LogP) is 3.78. The van der Waals surface area contributed by atoms with Crippen molar-refractivity contribution >= 4 is 29.1 Å². The van der Waals surface area contributed by atoms with E-state index in [-0.39, 0.29) is 24.3 Å². The van der Waals surface area contributed by atoms with Crippen LogP contribution in [0.25, 0.3) is 0 Å². The second kappa shape index (κ2) is 6.61. The third kappa shape index (κ3) is 3.26. The van der Waals surface area contributed by atoms with Gasteiger partial charge in [-0.2, -0.15) is 0 Å². The third-order valence-corrected chi connectivity index (χ3v) is 4.45. The summed E-state index contributed by atoms with van der Waals surface area (Å²) in [6.45, 7) is 1.83. The van der Waals surface area contributed by atoms with E-state index in [1.54, 1.807) is 6.07 Å². The molecule has 2 aromatic rings. The van der Waals surface area contributed by atoms with Gasteiger partial charge in [-0.25, -0.2) is 4.39 Å². The smallest absolute Gasteiger partial charge is 0.228 e. The number of hydrogen-bond donors (Lipinski definition) is 2. The van der Waals surface area contributed by atoms with E-state index in [1.165, 1.54) is 18.2 Å². The van der Waals surface area contributed by atoms with Crippen LogP contribution in [0.2, 0.25) is 5.02 Å². The highest BCUT2D eigenvalue weighted by molar-refractivity contribution is 6.31. The van der Waals surface area contributed by atoms with Gasteiger partial charge in [0, 0.05) is 17.1 Å². The van der Waals surface area contributed by atoms with Crippen molar-refractivity contribution in [3.05, 3.63) is 64.4 Å². The molecular weight excluding hydrogens is 331 g/mol. The highest BCUT2D eigenvalue weighted by Crippen LogP contribution is 2.33. The standard InChI is InChI=1S/C18H16ClFN2O2/c1-10(12-4-2-3-5-15(12)19)21-18(24)14-9-17(23)22-16-8-11(20)6-7-13(14)16/h2-8,10,14H,9H2,1H3,(H,21,24)(H,22,23). The molecule has 1 aliphatic heterocycles. The molecule has 0 fully saturated rings. The van der Waals surface area contributed by atoms with Gasteiger partial charge in [0.1, 0.15) is 5.82 Å². The molecule has 2 atom stereocenters. The zero-order chi connectivity index (χ0) is 17.3. The Morgan fingerprint density at radius 2 is 2.08 bits per heavy atom. The summed E-state index contributed by atoms with van der Waals surface area (Å²) in [5.41, 5.74) is 1.75. The summed E-state index contributed by atoms with van der Waals surface area (Å²) in [5, 5.41) is 6.05. The van der Waals surface area contributed by atoms with Gasteiger partial charge in [0.05, 0.1) is 12.0 Å². The van der Waals surface area contributed by atoms with E-state index < -0.39 is 11.7 Å². The maximum atomic E-state index is 13.4. The van der Waals surface area contributed by atoms with Crippen molar-refractivity contribution in [3.8, 4) is 0 Å². The van der Waals surface area contributed by atoms with Crippen LogP contribution in [0.15, 0.2) is 42.5 Å². The van der Waals surface area contributed by atoms with Gasteiger partial charge in [-0.05, 0) is 36.2 Å². The average molecular weight is 347 g/mol. The fourth-order valence-corrected chi connectivity index (χ4v) is 3.19. The number of nitrogens with one attached hydrogen (secondary N) is 2. The topological polar surface area (TPSA) is 58.2 Å². The van der Waals surface area contributed by atoms with E-state index in [9.17, 15) is 14.0 Å². The van der Waals surface area contributed by atoms with Crippen molar-refractivity contribution < 1.29 is 14.0 Å². The normalized spacial score (nSPS) is 17.6. The highest BCUT2D eigenvalue weighted by atomic mass is 35.5. The maximum Gasteiger partial charge on any atom is 0.228 e. The van der Waals surface area contributed by atoms with Gasteiger partial charge in [0.2, 0.25) is 11.8 Å². The predicted molar refractivity (Wildman–Crippen MR) is 90.4 cm³/mol. The number of benzene rings is 2. The van der Waals surface area contributed by atoms with E-state index in [0.717, 1.165) is 5.56 Å². The van der Waals surface area contributed by atoms with E-state index in [4.69, 9.17) is 11.6 Å². The summed E-state index contributed by atoms with van der Waals surface area (Å²) in [6, 6.07) is 11.0. The molecule has 2 amide bonds. The molecule has 0 spiro atoms. The summed E-state index contributed by atoms with van der Waals surface area (Å²) in [5.74, 6) is -1.71. The molecule has 2 unspecified atom stereocenters. The summed E-state index contributed by atoms with van der Waals surface area (Å²) < 4.78 is 13.4. The SMILES string of the molecule is CC(NC(=O)C1CC(=O)Nc2cc(F)ccc21)c1ccccc1Cl. The lowest BCUT2D eigenvalue weighted by molar-refractivity contribution is -0.126. The first-order valence-electron chi connectivity index (χ1n) is 7.60. The van der Waals surface area contributed by atoms with E-state index in [0.29, 0.717) is 16.3 Å².